The molecule has 0 aromatic carbocycles. The number of anilines is 1. The first-order valence-corrected chi connectivity index (χ1v) is 9.48. The van der Waals surface area contributed by atoms with Gasteiger partial charge in [-0.15, -0.1) is 21.5 Å². The van der Waals surface area contributed by atoms with Crippen molar-refractivity contribution in [3.05, 3.63) is 40.3 Å². The third-order valence-corrected chi connectivity index (χ3v) is 5.38. The lowest BCUT2D eigenvalue weighted by Crippen LogP contribution is -2.32. The van der Waals surface area contributed by atoms with Crippen LogP contribution >= 0.6 is 11.3 Å². The van der Waals surface area contributed by atoms with Crippen molar-refractivity contribution in [1.82, 2.24) is 29.5 Å². The number of amides is 2. The second-order valence-corrected chi connectivity index (χ2v) is 7.16. The van der Waals surface area contributed by atoms with Gasteiger partial charge in [0.15, 0.2) is 10.8 Å². The van der Waals surface area contributed by atoms with Crippen molar-refractivity contribution in [2.75, 3.05) is 5.32 Å². The summed E-state index contributed by atoms with van der Waals surface area (Å²) in [6, 6.07) is -0.0780. The second kappa shape index (κ2) is 7.24. The van der Waals surface area contributed by atoms with E-state index in [1.54, 1.807) is 17.9 Å². The number of rotatable bonds is 4. The molecule has 0 bridgehead atoms. The van der Waals surface area contributed by atoms with E-state index in [1.807, 2.05) is 4.57 Å². The Labute approximate surface area is 153 Å². The summed E-state index contributed by atoms with van der Waals surface area (Å²) in [4.78, 5) is 29.2. The fourth-order valence-corrected chi connectivity index (χ4v) is 3.97. The van der Waals surface area contributed by atoms with Gasteiger partial charge in [0.05, 0.1) is 12.7 Å². The molecule has 1 fully saturated rings. The Balaban J connectivity index is 1.40. The molecule has 1 aliphatic rings. The average Bonchev–Trinajstić information content (AvgIpc) is 3.32. The predicted molar refractivity (Wildman–Crippen MR) is 97.3 cm³/mol. The predicted octanol–water partition coefficient (Wildman–Crippen LogP) is 2.17. The van der Waals surface area contributed by atoms with Crippen LogP contribution in [0.4, 0.5) is 10.5 Å². The van der Waals surface area contributed by atoms with Crippen LogP contribution in [0.5, 0.6) is 0 Å². The highest BCUT2D eigenvalue weighted by atomic mass is 32.1. The van der Waals surface area contributed by atoms with Crippen LogP contribution in [0.15, 0.2) is 28.9 Å². The maximum absolute atomic E-state index is 12.3. The van der Waals surface area contributed by atoms with Crippen LogP contribution in [0.2, 0.25) is 0 Å². The minimum Gasteiger partial charge on any atom is -0.331 e. The van der Waals surface area contributed by atoms with E-state index >= 15 is 0 Å². The molecule has 0 atom stereocenters. The number of fused-ring (bicyclic) bond motifs is 1. The molecule has 2 N–H and O–H groups in total. The number of hydrogen-bond acceptors (Lipinski definition) is 6. The summed E-state index contributed by atoms with van der Waals surface area (Å²) in [6.07, 6.45) is 10.6. The van der Waals surface area contributed by atoms with Crippen molar-refractivity contribution in [3.63, 3.8) is 0 Å². The molecule has 1 aliphatic carbocycles. The average molecular weight is 373 g/mol. The van der Waals surface area contributed by atoms with Gasteiger partial charge in [0.25, 0.3) is 5.56 Å². The number of hydrogen-bond donors (Lipinski definition) is 2. The van der Waals surface area contributed by atoms with Gasteiger partial charge in [0.1, 0.15) is 12.0 Å². The summed E-state index contributed by atoms with van der Waals surface area (Å²) >= 11 is 1.36. The first kappa shape index (κ1) is 16.7. The van der Waals surface area contributed by atoms with Gasteiger partial charge in [-0.3, -0.25) is 9.20 Å². The molecule has 2 amide bonds. The molecular formula is C16H19N7O2S. The lowest BCUT2D eigenvalue weighted by molar-refractivity contribution is 0.251. The highest BCUT2D eigenvalue weighted by Gasteiger charge is 2.19. The molecule has 1 saturated carbocycles. The van der Waals surface area contributed by atoms with Crippen molar-refractivity contribution in [2.24, 2.45) is 0 Å². The third-order valence-electron chi connectivity index (χ3n) is 4.61. The van der Waals surface area contributed by atoms with E-state index in [9.17, 15) is 9.59 Å². The van der Waals surface area contributed by atoms with E-state index in [4.69, 9.17) is 0 Å². The Morgan fingerprint density at radius 2 is 2.15 bits per heavy atom. The van der Waals surface area contributed by atoms with Crippen LogP contribution in [-0.4, -0.2) is 30.2 Å². The third kappa shape index (κ3) is 3.32. The summed E-state index contributed by atoms with van der Waals surface area (Å²) in [5, 5.41) is 15.2. The van der Waals surface area contributed by atoms with Crippen LogP contribution in [0, 0.1) is 0 Å². The maximum atomic E-state index is 12.3. The Hall–Kier alpha value is -2.75. The Morgan fingerprint density at radius 3 is 3.00 bits per heavy atom. The molecule has 0 aliphatic heterocycles. The minimum absolute atomic E-state index is 0.132. The summed E-state index contributed by atoms with van der Waals surface area (Å²) in [6.45, 7) is 0.248. The highest BCUT2D eigenvalue weighted by Crippen LogP contribution is 2.28. The van der Waals surface area contributed by atoms with E-state index < -0.39 is 6.03 Å². The van der Waals surface area contributed by atoms with Crippen molar-refractivity contribution >= 4 is 28.0 Å². The molecule has 4 rings (SSSR count). The molecule has 0 saturated heterocycles. The number of carbonyl (C=O) groups is 1. The zero-order valence-corrected chi connectivity index (χ0v) is 14.9. The molecule has 136 valence electrons. The van der Waals surface area contributed by atoms with Gasteiger partial charge < -0.3 is 15.2 Å². The number of carbonyl (C=O) groups excluding carboxylic acids is 1. The second-order valence-electron chi connectivity index (χ2n) is 6.29. The van der Waals surface area contributed by atoms with Crippen molar-refractivity contribution < 1.29 is 4.79 Å². The standard InChI is InChI=1S/C16H19N7O2S/c24-14-12(8-18-16-22(14)6-7-26-16)20-15(25)17-9-13-21-19-10-23(13)11-4-2-1-3-5-11/h6-8,10-11H,1-5,9H2,(H2,17,20,25). The monoisotopic (exact) mass is 373 g/mol. The molecule has 9 nitrogen and oxygen atoms in total. The summed E-state index contributed by atoms with van der Waals surface area (Å²) in [5.41, 5.74) is -0.177. The summed E-state index contributed by atoms with van der Waals surface area (Å²) < 4.78 is 3.45. The van der Waals surface area contributed by atoms with Gasteiger partial charge in [-0.1, -0.05) is 19.3 Å². The van der Waals surface area contributed by atoms with Gasteiger partial charge in [-0.05, 0) is 12.8 Å². The molecule has 26 heavy (non-hydrogen) atoms. The zero-order chi connectivity index (χ0) is 17.9. The van der Waals surface area contributed by atoms with E-state index in [1.165, 1.54) is 41.2 Å². The molecule has 10 heteroatoms. The first-order valence-electron chi connectivity index (χ1n) is 8.60. The smallest absolute Gasteiger partial charge is 0.319 e. The SMILES string of the molecule is O=C(NCc1nncn1C1CCCCC1)Nc1cnc2sccn2c1=O. The molecule has 0 radical (unpaired) electrons. The summed E-state index contributed by atoms with van der Waals surface area (Å²) in [7, 11) is 0. The number of urea groups is 1. The van der Waals surface area contributed by atoms with Gasteiger partial charge >= 0.3 is 6.03 Å². The fourth-order valence-electron chi connectivity index (χ4n) is 3.29. The molecule has 0 spiro atoms. The van der Waals surface area contributed by atoms with E-state index in [0.29, 0.717) is 11.0 Å². The number of nitrogens with zero attached hydrogens (tertiary/aromatic N) is 5. The topological polar surface area (TPSA) is 106 Å². The van der Waals surface area contributed by atoms with Gasteiger partial charge in [-0.2, -0.15) is 0 Å². The zero-order valence-electron chi connectivity index (χ0n) is 14.1. The number of aromatic nitrogens is 5. The molecule has 3 aromatic rings. The highest BCUT2D eigenvalue weighted by molar-refractivity contribution is 7.15. The molecule has 0 unspecified atom stereocenters. The lowest BCUT2D eigenvalue weighted by Gasteiger charge is -2.24. The van der Waals surface area contributed by atoms with Gasteiger partial charge in [0, 0.05) is 17.6 Å². The quantitative estimate of drug-likeness (QED) is 0.729. The van der Waals surface area contributed by atoms with E-state index in [2.05, 4.69) is 25.8 Å². The fraction of sp³-hybridized carbons (Fsp3) is 0.438. The van der Waals surface area contributed by atoms with Crippen molar-refractivity contribution in [1.29, 1.82) is 0 Å². The Morgan fingerprint density at radius 1 is 1.31 bits per heavy atom. The summed E-state index contributed by atoms with van der Waals surface area (Å²) in [5.74, 6) is 0.718. The van der Waals surface area contributed by atoms with Gasteiger partial charge in [0.2, 0.25) is 0 Å². The van der Waals surface area contributed by atoms with Gasteiger partial charge in [-0.25, -0.2) is 9.78 Å². The van der Waals surface area contributed by atoms with Crippen LogP contribution < -0.4 is 16.2 Å². The van der Waals surface area contributed by atoms with Crippen LogP contribution in [-0.2, 0) is 6.54 Å². The maximum Gasteiger partial charge on any atom is 0.319 e. The minimum atomic E-state index is -0.475. The number of nitrogens with one attached hydrogen (secondary N) is 2. The largest absolute Gasteiger partial charge is 0.331 e. The van der Waals surface area contributed by atoms with E-state index in [0.717, 1.165) is 18.7 Å². The molecular weight excluding hydrogens is 354 g/mol. The van der Waals surface area contributed by atoms with Crippen molar-refractivity contribution in [2.45, 2.75) is 44.7 Å². The van der Waals surface area contributed by atoms with Crippen molar-refractivity contribution in [3.8, 4) is 0 Å². The Bertz CT molecular complexity index is 970. The normalized spacial score (nSPS) is 15.2. The Kier molecular flexibility index (Phi) is 4.65. The van der Waals surface area contributed by atoms with Crippen LogP contribution in [0.1, 0.15) is 44.0 Å². The lowest BCUT2D eigenvalue weighted by atomic mass is 9.95. The molecule has 3 aromatic heterocycles. The van der Waals surface area contributed by atoms with Crippen LogP contribution in [0.3, 0.4) is 0 Å². The first-order chi connectivity index (χ1) is 12.7. The van der Waals surface area contributed by atoms with E-state index in [-0.39, 0.29) is 17.8 Å². The van der Waals surface area contributed by atoms with Crippen LogP contribution in [0.25, 0.3) is 4.96 Å². The number of thiazole rings is 1. The molecule has 3 heterocycles.